The standard InChI is InChI=1S/C15H26N2/c1-4-17(5-2)10-9-15(16)12-14-8-6-7-13(3)11-14/h6-8,11,15H,4-5,9-10,12,16H2,1-3H3. The molecule has 0 amide bonds. The minimum absolute atomic E-state index is 0.275. The van der Waals surface area contributed by atoms with Crippen molar-refractivity contribution in [2.45, 2.75) is 39.7 Å². The monoisotopic (exact) mass is 234 g/mol. The van der Waals surface area contributed by atoms with Crippen LogP contribution in [0.4, 0.5) is 0 Å². The SMILES string of the molecule is CCN(CC)CCC(N)Cc1cccc(C)c1. The summed E-state index contributed by atoms with van der Waals surface area (Å²) < 4.78 is 0. The molecular weight excluding hydrogens is 208 g/mol. The molecule has 0 aliphatic carbocycles. The van der Waals surface area contributed by atoms with Gasteiger partial charge in [0.2, 0.25) is 0 Å². The predicted octanol–water partition coefficient (Wildman–Crippen LogP) is 2.60. The van der Waals surface area contributed by atoms with Crippen molar-refractivity contribution in [3.05, 3.63) is 35.4 Å². The van der Waals surface area contributed by atoms with Crippen LogP contribution in [0.15, 0.2) is 24.3 Å². The fourth-order valence-corrected chi connectivity index (χ4v) is 2.13. The van der Waals surface area contributed by atoms with Crippen molar-refractivity contribution in [2.75, 3.05) is 19.6 Å². The van der Waals surface area contributed by atoms with Crippen molar-refractivity contribution < 1.29 is 0 Å². The molecule has 1 unspecified atom stereocenters. The Morgan fingerprint density at radius 3 is 2.53 bits per heavy atom. The van der Waals surface area contributed by atoms with E-state index in [0.717, 1.165) is 32.5 Å². The molecule has 17 heavy (non-hydrogen) atoms. The molecule has 1 aromatic rings. The Hall–Kier alpha value is -0.860. The van der Waals surface area contributed by atoms with Crippen LogP contribution >= 0.6 is 0 Å². The third-order valence-corrected chi connectivity index (χ3v) is 3.29. The van der Waals surface area contributed by atoms with Crippen LogP contribution < -0.4 is 5.73 Å². The van der Waals surface area contributed by atoms with Crippen molar-refractivity contribution in [2.24, 2.45) is 5.73 Å². The summed E-state index contributed by atoms with van der Waals surface area (Å²) in [6.07, 6.45) is 2.07. The highest BCUT2D eigenvalue weighted by molar-refractivity contribution is 5.22. The fraction of sp³-hybridized carbons (Fsp3) is 0.600. The molecule has 0 saturated heterocycles. The minimum Gasteiger partial charge on any atom is -0.327 e. The Kier molecular flexibility index (Phi) is 6.23. The number of hydrogen-bond donors (Lipinski definition) is 1. The summed E-state index contributed by atoms with van der Waals surface area (Å²) in [7, 11) is 0. The molecule has 2 heteroatoms. The van der Waals surface area contributed by atoms with E-state index in [1.807, 2.05) is 0 Å². The third kappa shape index (κ3) is 5.33. The molecular formula is C15H26N2. The van der Waals surface area contributed by atoms with Gasteiger partial charge in [0.1, 0.15) is 0 Å². The number of aryl methyl sites for hydroxylation is 1. The molecule has 0 aliphatic heterocycles. The number of rotatable bonds is 7. The van der Waals surface area contributed by atoms with Crippen LogP contribution in [0.25, 0.3) is 0 Å². The van der Waals surface area contributed by atoms with Gasteiger partial charge in [-0.3, -0.25) is 0 Å². The summed E-state index contributed by atoms with van der Waals surface area (Å²) in [4.78, 5) is 2.43. The summed E-state index contributed by atoms with van der Waals surface area (Å²) in [6.45, 7) is 9.89. The summed E-state index contributed by atoms with van der Waals surface area (Å²) in [5.41, 5.74) is 8.86. The first-order chi connectivity index (χ1) is 8.15. The first-order valence-corrected chi connectivity index (χ1v) is 6.69. The van der Waals surface area contributed by atoms with Crippen molar-refractivity contribution >= 4 is 0 Å². The maximum atomic E-state index is 6.19. The number of hydrogen-bond acceptors (Lipinski definition) is 2. The zero-order valence-corrected chi connectivity index (χ0v) is 11.4. The average molecular weight is 234 g/mol. The number of nitrogens with zero attached hydrogens (tertiary/aromatic N) is 1. The Labute approximate surface area is 106 Å². The molecule has 0 spiro atoms. The van der Waals surface area contributed by atoms with Crippen molar-refractivity contribution in [1.29, 1.82) is 0 Å². The molecule has 0 fully saturated rings. The van der Waals surface area contributed by atoms with E-state index < -0.39 is 0 Å². The van der Waals surface area contributed by atoms with Gasteiger partial charge in [0, 0.05) is 6.04 Å². The maximum absolute atomic E-state index is 6.19. The normalized spacial score (nSPS) is 13.0. The second-order valence-corrected chi connectivity index (χ2v) is 4.77. The van der Waals surface area contributed by atoms with Gasteiger partial charge in [-0.25, -0.2) is 0 Å². The van der Waals surface area contributed by atoms with Gasteiger partial charge in [-0.1, -0.05) is 43.7 Å². The Morgan fingerprint density at radius 1 is 1.24 bits per heavy atom. The first-order valence-electron chi connectivity index (χ1n) is 6.69. The van der Waals surface area contributed by atoms with E-state index in [1.54, 1.807) is 0 Å². The molecule has 96 valence electrons. The molecule has 0 radical (unpaired) electrons. The van der Waals surface area contributed by atoms with Gasteiger partial charge < -0.3 is 10.6 Å². The van der Waals surface area contributed by atoms with Gasteiger partial charge >= 0.3 is 0 Å². The van der Waals surface area contributed by atoms with Crippen molar-refractivity contribution in [3.63, 3.8) is 0 Å². The lowest BCUT2D eigenvalue weighted by Gasteiger charge is -2.20. The first kappa shape index (κ1) is 14.2. The molecule has 1 aromatic carbocycles. The number of nitrogens with two attached hydrogens (primary N) is 1. The lowest BCUT2D eigenvalue weighted by atomic mass is 10.0. The van der Waals surface area contributed by atoms with Crippen LogP contribution in [-0.2, 0) is 6.42 Å². The van der Waals surface area contributed by atoms with Crippen LogP contribution in [0.3, 0.4) is 0 Å². The second-order valence-electron chi connectivity index (χ2n) is 4.77. The van der Waals surface area contributed by atoms with E-state index in [1.165, 1.54) is 11.1 Å². The zero-order chi connectivity index (χ0) is 12.7. The average Bonchev–Trinajstić information content (AvgIpc) is 2.30. The highest BCUT2D eigenvalue weighted by atomic mass is 15.1. The number of benzene rings is 1. The van der Waals surface area contributed by atoms with E-state index in [9.17, 15) is 0 Å². The van der Waals surface area contributed by atoms with Gasteiger partial charge in [0.05, 0.1) is 0 Å². The molecule has 0 heterocycles. The van der Waals surface area contributed by atoms with Gasteiger partial charge in [0.15, 0.2) is 0 Å². The lowest BCUT2D eigenvalue weighted by molar-refractivity contribution is 0.290. The summed E-state index contributed by atoms with van der Waals surface area (Å²) in [5, 5.41) is 0. The van der Waals surface area contributed by atoms with E-state index >= 15 is 0 Å². The summed E-state index contributed by atoms with van der Waals surface area (Å²) >= 11 is 0. The fourth-order valence-electron chi connectivity index (χ4n) is 2.13. The molecule has 0 aromatic heterocycles. The van der Waals surface area contributed by atoms with E-state index in [4.69, 9.17) is 5.73 Å². The molecule has 0 saturated carbocycles. The van der Waals surface area contributed by atoms with E-state index in [-0.39, 0.29) is 6.04 Å². The summed E-state index contributed by atoms with van der Waals surface area (Å²) in [6, 6.07) is 8.92. The van der Waals surface area contributed by atoms with Crippen molar-refractivity contribution in [1.82, 2.24) is 4.90 Å². The van der Waals surface area contributed by atoms with Crippen LogP contribution in [0.1, 0.15) is 31.4 Å². The second kappa shape index (κ2) is 7.46. The van der Waals surface area contributed by atoms with Crippen LogP contribution in [-0.4, -0.2) is 30.6 Å². The predicted molar refractivity (Wildman–Crippen MR) is 75.3 cm³/mol. The van der Waals surface area contributed by atoms with Gasteiger partial charge in [-0.2, -0.15) is 0 Å². The Bertz CT molecular complexity index is 318. The quantitative estimate of drug-likeness (QED) is 0.786. The third-order valence-electron chi connectivity index (χ3n) is 3.29. The Balaban J connectivity index is 2.36. The highest BCUT2D eigenvalue weighted by Crippen LogP contribution is 2.08. The van der Waals surface area contributed by atoms with Crippen LogP contribution in [0.5, 0.6) is 0 Å². The summed E-state index contributed by atoms with van der Waals surface area (Å²) in [5.74, 6) is 0. The van der Waals surface area contributed by atoms with Crippen molar-refractivity contribution in [3.8, 4) is 0 Å². The molecule has 2 N–H and O–H groups in total. The smallest absolute Gasteiger partial charge is 0.00914 e. The molecule has 1 atom stereocenters. The molecule has 1 rings (SSSR count). The van der Waals surface area contributed by atoms with E-state index in [0.29, 0.717) is 0 Å². The van der Waals surface area contributed by atoms with Gasteiger partial charge in [-0.05, 0) is 45.0 Å². The topological polar surface area (TPSA) is 29.3 Å². The van der Waals surface area contributed by atoms with Gasteiger partial charge in [-0.15, -0.1) is 0 Å². The highest BCUT2D eigenvalue weighted by Gasteiger charge is 2.06. The molecule has 0 bridgehead atoms. The zero-order valence-electron chi connectivity index (χ0n) is 11.4. The Morgan fingerprint density at radius 2 is 1.94 bits per heavy atom. The molecule has 2 nitrogen and oxygen atoms in total. The van der Waals surface area contributed by atoms with Gasteiger partial charge in [0.25, 0.3) is 0 Å². The largest absolute Gasteiger partial charge is 0.327 e. The van der Waals surface area contributed by atoms with E-state index in [2.05, 4.69) is 49.9 Å². The minimum atomic E-state index is 0.275. The maximum Gasteiger partial charge on any atom is 0.00914 e. The van der Waals surface area contributed by atoms with Crippen LogP contribution in [0, 0.1) is 6.92 Å². The van der Waals surface area contributed by atoms with Crippen LogP contribution in [0.2, 0.25) is 0 Å². The lowest BCUT2D eigenvalue weighted by Crippen LogP contribution is -2.31. The molecule has 0 aliphatic rings.